The average Bonchev–Trinajstić information content (AvgIpc) is 3.23. The Morgan fingerprint density at radius 3 is 2.65 bits per heavy atom. The highest BCUT2D eigenvalue weighted by molar-refractivity contribution is 6.03. The Labute approximate surface area is 196 Å². The van der Waals surface area contributed by atoms with Gasteiger partial charge in [-0.2, -0.15) is 0 Å². The average molecular weight is 472 g/mol. The van der Waals surface area contributed by atoms with Gasteiger partial charge in [-0.15, -0.1) is 5.06 Å². The smallest absolute Gasteiger partial charge is 0.373 e. The molecule has 10 nitrogen and oxygen atoms in total. The van der Waals surface area contributed by atoms with Crippen LogP contribution in [0, 0.1) is 17.3 Å². The molecule has 0 aromatic heterocycles. The summed E-state index contributed by atoms with van der Waals surface area (Å²) in [4.78, 5) is 45.3. The van der Waals surface area contributed by atoms with Crippen molar-refractivity contribution < 1.29 is 39.4 Å². The molecule has 182 valence electrons. The molecule has 1 saturated heterocycles. The van der Waals surface area contributed by atoms with E-state index in [1.54, 1.807) is 12.1 Å². The van der Waals surface area contributed by atoms with Gasteiger partial charge in [-0.25, -0.2) is 4.79 Å². The van der Waals surface area contributed by atoms with Gasteiger partial charge in [0.1, 0.15) is 5.75 Å². The summed E-state index contributed by atoms with van der Waals surface area (Å²) in [5.41, 5.74) is 1.68. The van der Waals surface area contributed by atoms with Crippen LogP contribution in [-0.2, 0) is 24.1 Å². The predicted molar refractivity (Wildman–Crippen MR) is 116 cm³/mol. The molecule has 2 amide bonds. The molecular weight excluding hydrogens is 444 g/mol. The lowest BCUT2D eigenvalue weighted by Crippen LogP contribution is -2.51. The number of rotatable bonds is 4. The summed E-state index contributed by atoms with van der Waals surface area (Å²) in [6.07, 6.45) is 2.99. The van der Waals surface area contributed by atoms with Gasteiger partial charge in [0.2, 0.25) is 6.61 Å². The number of carbonyl (C=O) groups excluding carboxylic acids is 3. The summed E-state index contributed by atoms with van der Waals surface area (Å²) in [5.74, 6) is -3.33. The van der Waals surface area contributed by atoms with Crippen molar-refractivity contribution in [2.24, 2.45) is 22.4 Å². The monoisotopic (exact) mass is 472 g/mol. The Balaban J connectivity index is 1.36. The molecule has 2 saturated carbocycles. The summed E-state index contributed by atoms with van der Waals surface area (Å²) in [6, 6.07) is 5.13. The molecule has 4 atom stereocenters. The quantitative estimate of drug-likeness (QED) is 0.341. The van der Waals surface area contributed by atoms with Crippen LogP contribution in [0.15, 0.2) is 23.4 Å². The number of aliphatic hydroxyl groups is 2. The topological polar surface area (TPSA) is 146 Å². The van der Waals surface area contributed by atoms with E-state index in [2.05, 4.69) is 5.16 Å². The fourth-order valence-corrected chi connectivity index (χ4v) is 6.44. The number of benzene rings is 1. The highest BCUT2D eigenvalue weighted by Gasteiger charge is 2.61. The van der Waals surface area contributed by atoms with Crippen LogP contribution in [0.5, 0.6) is 5.75 Å². The Morgan fingerprint density at radius 2 is 1.91 bits per heavy atom. The van der Waals surface area contributed by atoms with E-state index >= 15 is 0 Å². The minimum atomic E-state index is -1.71. The number of oxime groups is 1. The van der Waals surface area contributed by atoms with Crippen molar-refractivity contribution in [1.82, 2.24) is 5.06 Å². The molecule has 0 radical (unpaired) electrons. The number of phenols is 1. The lowest BCUT2D eigenvalue weighted by Gasteiger charge is -2.51. The Hall–Kier alpha value is -2.98. The standard InChI is InChI=1S/C24H28N2O8/c1-23-8-6-15-14-3-2-13(27)10-17(14)19(11-16(15)18(23)7-9-24(23,31)32)25-33-12-22(30)34-26-20(28)4-5-21(26)29/h2-3,10,15-16,18,27,31-32H,4-9,11-12H2,1H3/b25-19+. The molecule has 3 fully saturated rings. The van der Waals surface area contributed by atoms with Crippen LogP contribution in [0.1, 0.15) is 68.9 Å². The van der Waals surface area contributed by atoms with Crippen molar-refractivity contribution >= 4 is 23.5 Å². The van der Waals surface area contributed by atoms with E-state index < -0.39 is 35.6 Å². The number of imide groups is 1. The van der Waals surface area contributed by atoms with E-state index in [-0.39, 0.29) is 36.3 Å². The number of hydrogen-bond acceptors (Lipinski definition) is 9. The molecule has 4 aliphatic rings. The van der Waals surface area contributed by atoms with Gasteiger partial charge < -0.3 is 25.0 Å². The third-order valence-corrected chi connectivity index (χ3v) is 8.28. The molecule has 0 spiro atoms. The summed E-state index contributed by atoms with van der Waals surface area (Å²) >= 11 is 0. The molecule has 3 N–H and O–H groups in total. The Kier molecular flexibility index (Phi) is 5.40. The molecule has 3 aliphatic carbocycles. The van der Waals surface area contributed by atoms with Crippen LogP contribution in [0.4, 0.5) is 0 Å². The first kappa shape index (κ1) is 22.8. The van der Waals surface area contributed by atoms with Crippen molar-refractivity contribution in [3.8, 4) is 5.75 Å². The number of hydrogen-bond donors (Lipinski definition) is 3. The maximum absolute atomic E-state index is 12.1. The molecule has 1 aromatic rings. The Bertz CT molecular complexity index is 1070. The van der Waals surface area contributed by atoms with E-state index in [0.717, 1.165) is 17.5 Å². The molecule has 4 unspecified atom stereocenters. The van der Waals surface area contributed by atoms with Crippen molar-refractivity contribution in [3.05, 3.63) is 29.3 Å². The molecule has 1 aliphatic heterocycles. The maximum Gasteiger partial charge on any atom is 0.373 e. The normalized spacial score (nSPS) is 32.9. The van der Waals surface area contributed by atoms with Crippen molar-refractivity contribution in [1.29, 1.82) is 0 Å². The number of nitrogens with zero attached hydrogens (tertiary/aromatic N) is 2. The summed E-state index contributed by atoms with van der Waals surface area (Å²) in [7, 11) is 0. The van der Waals surface area contributed by atoms with Crippen molar-refractivity contribution in [3.63, 3.8) is 0 Å². The number of amides is 2. The first-order valence-electron chi connectivity index (χ1n) is 11.6. The molecule has 34 heavy (non-hydrogen) atoms. The molecule has 5 rings (SSSR count). The Morgan fingerprint density at radius 1 is 1.18 bits per heavy atom. The summed E-state index contributed by atoms with van der Waals surface area (Å²) in [5, 5.41) is 36.0. The third kappa shape index (κ3) is 3.56. The maximum atomic E-state index is 12.1. The van der Waals surface area contributed by atoms with Gasteiger partial charge in [-0.1, -0.05) is 18.1 Å². The number of fused-ring (bicyclic) bond motifs is 5. The molecule has 1 aromatic carbocycles. The minimum absolute atomic E-state index is 0.00115. The van der Waals surface area contributed by atoms with E-state index in [1.807, 2.05) is 13.0 Å². The van der Waals surface area contributed by atoms with Crippen molar-refractivity contribution in [2.75, 3.05) is 6.61 Å². The van der Waals surface area contributed by atoms with Crippen LogP contribution >= 0.6 is 0 Å². The fourth-order valence-electron chi connectivity index (χ4n) is 6.44. The van der Waals surface area contributed by atoms with Crippen molar-refractivity contribution in [2.45, 2.75) is 63.6 Å². The van der Waals surface area contributed by atoms with Gasteiger partial charge >= 0.3 is 5.97 Å². The fraction of sp³-hybridized carbons (Fsp3) is 0.583. The van der Waals surface area contributed by atoms with Crippen LogP contribution < -0.4 is 0 Å². The van der Waals surface area contributed by atoms with Gasteiger partial charge in [-0.3, -0.25) is 9.59 Å². The van der Waals surface area contributed by atoms with Gasteiger partial charge in [0.15, 0.2) is 5.79 Å². The third-order valence-electron chi connectivity index (χ3n) is 8.28. The zero-order valence-corrected chi connectivity index (χ0v) is 18.9. The molecule has 10 heteroatoms. The SMILES string of the molecule is CC12CCC3c4ccc(O)cc4/C(=N/OCC(=O)ON4C(=O)CCC4=O)CC3C1CCC2(O)O. The van der Waals surface area contributed by atoms with E-state index in [0.29, 0.717) is 36.5 Å². The van der Waals surface area contributed by atoms with Gasteiger partial charge in [0.25, 0.3) is 11.8 Å². The lowest BCUT2D eigenvalue weighted by atomic mass is 9.54. The second-order valence-corrected chi connectivity index (χ2v) is 10.0. The highest BCUT2D eigenvalue weighted by atomic mass is 16.7. The van der Waals surface area contributed by atoms with Crippen LogP contribution in [0.3, 0.4) is 0 Å². The minimum Gasteiger partial charge on any atom is -0.508 e. The van der Waals surface area contributed by atoms with Gasteiger partial charge in [-0.05, 0) is 61.1 Å². The lowest BCUT2D eigenvalue weighted by molar-refractivity contribution is -0.241. The van der Waals surface area contributed by atoms with E-state index in [1.165, 1.54) is 0 Å². The molecular formula is C24H28N2O8. The van der Waals surface area contributed by atoms with E-state index in [9.17, 15) is 29.7 Å². The molecule has 0 bridgehead atoms. The molecule has 1 heterocycles. The van der Waals surface area contributed by atoms with Crippen LogP contribution in [-0.4, -0.2) is 56.3 Å². The predicted octanol–water partition coefficient (Wildman–Crippen LogP) is 1.71. The van der Waals surface area contributed by atoms with Crippen LogP contribution in [0.25, 0.3) is 0 Å². The number of hydroxylamine groups is 2. The van der Waals surface area contributed by atoms with Gasteiger partial charge in [0, 0.05) is 30.2 Å². The first-order chi connectivity index (χ1) is 16.1. The zero-order chi connectivity index (χ0) is 24.3. The largest absolute Gasteiger partial charge is 0.508 e. The van der Waals surface area contributed by atoms with E-state index in [4.69, 9.17) is 9.68 Å². The number of phenolic OH excluding ortho intramolecular Hbond substituents is 1. The van der Waals surface area contributed by atoms with Gasteiger partial charge in [0.05, 0.1) is 5.71 Å². The first-order valence-corrected chi connectivity index (χ1v) is 11.6. The summed E-state index contributed by atoms with van der Waals surface area (Å²) < 4.78 is 0. The van der Waals surface area contributed by atoms with Crippen LogP contribution in [0.2, 0.25) is 0 Å². The number of carbonyl (C=O) groups is 3. The second kappa shape index (κ2) is 8.06. The zero-order valence-electron chi connectivity index (χ0n) is 18.9. The second-order valence-electron chi connectivity index (χ2n) is 10.0. The number of aromatic hydroxyl groups is 1. The summed E-state index contributed by atoms with van der Waals surface area (Å²) in [6.45, 7) is 1.35. The highest BCUT2D eigenvalue weighted by Crippen LogP contribution is 2.63.